The van der Waals surface area contributed by atoms with Gasteiger partial charge in [0.1, 0.15) is 5.69 Å². The molecule has 0 aliphatic carbocycles. The minimum atomic E-state index is 0.0362. The maximum Gasteiger partial charge on any atom is 0.273 e. The molecule has 1 aromatic heterocycles. The SMILES string of the molecule is CN1CCC(N(C)C(=O)c2csc(CCN)n2)CC1. The molecule has 2 N–H and O–H groups in total. The molecule has 106 valence electrons. The Labute approximate surface area is 118 Å². The lowest BCUT2D eigenvalue weighted by atomic mass is 10.0. The first-order valence-corrected chi connectivity index (χ1v) is 7.60. The lowest BCUT2D eigenvalue weighted by Crippen LogP contribution is -2.44. The largest absolute Gasteiger partial charge is 0.337 e. The number of rotatable bonds is 4. The summed E-state index contributed by atoms with van der Waals surface area (Å²) in [6.45, 7) is 2.68. The maximum absolute atomic E-state index is 12.4. The molecule has 2 heterocycles. The lowest BCUT2D eigenvalue weighted by Gasteiger charge is -2.34. The zero-order valence-electron chi connectivity index (χ0n) is 11.6. The highest BCUT2D eigenvalue weighted by molar-refractivity contribution is 7.09. The molecule has 1 saturated heterocycles. The van der Waals surface area contributed by atoms with Gasteiger partial charge in [-0.05, 0) is 39.5 Å². The first-order chi connectivity index (χ1) is 9.11. The minimum absolute atomic E-state index is 0.0362. The fourth-order valence-electron chi connectivity index (χ4n) is 2.38. The van der Waals surface area contributed by atoms with Gasteiger partial charge >= 0.3 is 0 Å². The molecule has 19 heavy (non-hydrogen) atoms. The zero-order valence-corrected chi connectivity index (χ0v) is 12.4. The quantitative estimate of drug-likeness (QED) is 0.888. The number of carbonyl (C=O) groups excluding carboxylic acids is 1. The molecule has 2 rings (SSSR count). The fraction of sp³-hybridized carbons (Fsp3) is 0.692. The number of nitrogens with zero attached hydrogens (tertiary/aromatic N) is 3. The summed E-state index contributed by atoms with van der Waals surface area (Å²) in [5.74, 6) is 0.0362. The summed E-state index contributed by atoms with van der Waals surface area (Å²) in [7, 11) is 4.01. The number of nitrogens with two attached hydrogens (primary N) is 1. The van der Waals surface area contributed by atoms with E-state index in [4.69, 9.17) is 5.73 Å². The van der Waals surface area contributed by atoms with Gasteiger partial charge in [-0.25, -0.2) is 4.98 Å². The van der Waals surface area contributed by atoms with E-state index < -0.39 is 0 Å². The van der Waals surface area contributed by atoms with Crippen LogP contribution in [0, 0.1) is 0 Å². The smallest absolute Gasteiger partial charge is 0.273 e. The summed E-state index contributed by atoms with van der Waals surface area (Å²) in [4.78, 5) is 20.9. The monoisotopic (exact) mass is 282 g/mol. The van der Waals surface area contributed by atoms with Crippen LogP contribution in [-0.2, 0) is 6.42 Å². The van der Waals surface area contributed by atoms with Crippen LogP contribution < -0.4 is 5.73 Å². The van der Waals surface area contributed by atoms with Crippen molar-refractivity contribution in [3.05, 3.63) is 16.1 Å². The summed E-state index contributed by atoms with van der Waals surface area (Å²) >= 11 is 1.52. The predicted octanol–water partition coefficient (Wildman–Crippen LogP) is 0.810. The van der Waals surface area contributed by atoms with Crippen molar-refractivity contribution in [2.45, 2.75) is 25.3 Å². The Morgan fingerprint density at radius 3 is 2.89 bits per heavy atom. The molecule has 1 fully saturated rings. The fourth-order valence-corrected chi connectivity index (χ4v) is 3.16. The Morgan fingerprint density at radius 1 is 1.58 bits per heavy atom. The van der Waals surface area contributed by atoms with E-state index in [1.54, 1.807) is 0 Å². The lowest BCUT2D eigenvalue weighted by molar-refractivity contribution is 0.0654. The Hall–Kier alpha value is -0.980. The molecule has 0 saturated carbocycles. The molecule has 0 unspecified atom stereocenters. The van der Waals surface area contributed by atoms with Gasteiger partial charge in [0.25, 0.3) is 5.91 Å². The predicted molar refractivity (Wildman–Crippen MR) is 77.5 cm³/mol. The average Bonchev–Trinajstić information content (AvgIpc) is 2.87. The third-order valence-electron chi connectivity index (χ3n) is 3.69. The third-order valence-corrected chi connectivity index (χ3v) is 4.59. The van der Waals surface area contributed by atoms with Crippen molar-refractivity contribution in [1.29, 1.82) is 0 Å². The summed E-state index contributed by atoms with van der Waals surface area (Å²) < 4.78 is 0. The van der Waals surface area contributed by atoms with Crippen LogP contribution in [-0.4, -0.2) is 60.5 Å². The molecule has 0 atom stereocenters. The van der Waals surface area contributed by atoms with Crippen molar-refractivity contribution < 1.29 is 4.79 Å². The van der Waals surface area contributed by atoms with E-state index >= 15 is 0 Å². The summed E-state index contributed by atoms with van der Waals surface area (Å²) in [5.41, 5.74) is 6.07. The van der Waals surface area contributed by atoms with Gasteiger partial charge in [0.05, 0.1) is 5.01 Å². The van der Waals surface area contributed by atoms with E-state index in [9.17, 15) is 4.79 Å². The van der Waals surface area contributed by atoms with Gasteiger partial charge in [-0.1, -0.05) is 0 Å². The van der Waals surface area contributed by atoms with Gasteiger partial charge in [-0.15, -0.1) is 11.3 Å². The van der Waals surface area contributed by atoms with Crippen LogP contribution in [0.1, 0.15) is 28.3 Å². The number of thiazole rings is 1. The van der Waals surface area contributed by atoms with Crippen LogP contribution in [0.3, 0.4) is 0 Å². The van der Waals surface area contributed by atoms with Crippen molar-refractivity contribution >= 4 is 17.2 Å². The molecule has 1 amide bonds. The summed E-state index contributed by atoms with van der Waals surface area (Å²) in [6, 6.07) is 0.336. The molecule has 1 aliphatic rings. The van der Waals surface area contributed by atoms with Crippen molar-refractivity contribution in [2.75, 3.05) is 33.7 Å². The highest BCUT2D eigenvalue weighted by Gasteiger charge is 2.25. The number of hydrogen-bond acceptors (Lipinski definition) is 5. The molecule has 6 heteroatoms. The number of amides is 1. The number of carbonyl (C=O) groups is 1. The van der Waals surface area contributed by atoms with Crippen LogP contribution >= 0.6 is 11.3 Å². The number of likely N-dealkylation sites (tertiary alicyclic amines) is 1. The van der Waals surface area contributed by atoms with E-state index in [0.29, 0.717) is 18.3 Å². The summed E-state index contributed by atoms with van der Waals surface area (Å²) in [5, 5.41) is 2.79. The average molecular weight is 282 g/mol. The van der Waals surface area contributed by atoms with E-state index in [2.05, 4.69) is 16.9 Å². The molecule has 0 aromatic carbocycles. The van der Waals surface area contributed by atoms with Gasteiger partial charge in [0.2, 0.25) is 0 Å². The second kappa shape index (κ2) is 6.45. The van der Waals surface area contributed by atoms with Gasteiger partial charge in [-0.3, -0.25) is 4.79 Å². The zero-order chi connectivity index (χ0) is 13.8. The van der Waals surface area contributed by atoms with Crippen molar-refractivity contribution in [3.8, 4) is 0 Å². The van der Waals surface area contributed by atoms with Crippen LogP contribution in [0.25, 0.3) is 0 Å². The maximum atomic E-state index is 12.4. The molecule has 0 spiro atoms. The highest BCUT2D eigenvalue weighted by Crippen LogP contribution is 2.18. The van der Waals surface area contributed by atoms with E-state index in [1.165, 1.54) is 11.3 Å². The van der Waals surface area contributed by atoms with Crippen LogP contribution in [0.15, 0.2) is 5.38 Å². The second-order valence-corrected chi connectivity index (χ2v) is 6.06. The molecule has 1 aromatic rings. The first-order valence-electron chi connectivity index (χ1n) is 6.72. The van der Waals surface area contributed by atoms with Crippen LogP contribution in [0.2, 0.25) is 0 Å². The molecular weight excluding hydrogens is 260 g/mol. The first kappa shape index (κ1) is 14.4. The topological polar surface area (TPSA) is 62.5 Å². The van der Waals surface area contributed by atoms with E-state index in [-0.39, 0.29) is 5.91 Å². The number of hydrogen-bond donors (Lipinski definition) is 1. The Balaban J connectivity index is 1.97. The van der Waals surface area contributed by atoms with Gasteiger partial charge in [0, 0.05) is 24.9 Å². The number of piperidine rings is 1. The third kappa shape index (κ3) is 3.52. The standard InChI is InChI=1S/C13H22N4OS/c1-16-7-4-10(5-8-16)17(2)13(18)11-9-19-12(15-11)3-6-14/h9-10H,3-8,14H2,1-2H3. The molecule has 5 nitrogen and oxygen atoms in total. The van der Waals surface area contributed by atoms with Crippen molar-refractivity contribution in [3.63, 3.8) is 0 Å². The molecule has 0 radical (unpaired) electrons. The van der Waals surface area contributed by atoms with Crippen molar-refractivity contribution in [2.24, 2.45) is 5.73 Å². The van der Waals surface area contributed by atoms with Crippen LogP contribution in [0.4, 0.5) is 0 Å². The Bertz CT molecular complexity index is 426. The van der Waals surface area contributed by atoms with E-state index in [1.807, 2.05) is 17.3 Å². The molecule has 1 aliphatic heterocycles. The number of aromatic nitrogens is 1. The normalized spacial score (nSPS) is 17.6. The Kier molecular flexibility index (Phi) is 4.90. The van der Waals surface area contributed by atoms with Crippen molar-refractivity contribution in [1.82, 2.24) is 14.8 Å². The Morgan fingerprint density at radius 2 is 2.26 bits per heavy atom. The van der Waals surface area contributed by atoms with Gasteiger partial charge in [-0.2, -0.15) is 0 Å². The second-order valence-electron chi connectivity index (χ2n) is 5.12. The molecular formula is C13H22N4OS. The van der Waals surface area contributed by atoms with Gasteiger partial charge in [0.15, 0.2) is 0 Å². The molecule has 0 bridgehead atoms. The van der Waals surface area contributed by atoms with E-state index in [0.717, 1.165) is 37.4 Å². The van der Waals surface area contributed by atoms with Crippen LogP contribution in [0.5, 0.6) is 0 Å². The minimum Gasteiger partial charge on any atom is -0.337 e. The highest BCUT2D eigenvalue weighted by atomic mass is 32.1. The summed E-state index contributed by atoms with van der Waals surface area (Å²) in [6.07, 6.45) is 2.83. The van der Waals surface area contributed by atoms with Gasteiger partial charge < -0.3 is 15.5 Å².